The van der Waals surface area contributed by atoms with Crippen molar-refractivity contribution in [1.82, 2.24) is 14.8 Å². The Labute approximate surface area is 108 Å². The molecule has 18 heavy (non-hydrogen) atoms. The number of nitrogens with two attached hydrogens (primary N) is 1. The molecule has 0 bridgehead atoms. The predicted molar refractivity (Wildman–Crippen MR) is 73.4 cm³/mol. The highest BCUT2D eigenvalue weighted by Gasteiger charge is 2.14. The molecule has 4 nitrogen and oxygen atoms in total. The van der Waals surface area contributed by atoms with Crippen molar-refractivity contribution in [3.63, 3.8) is 0 Å². The number of hydrogen-bond donors (Lipinski definition) is 1. The Morgan fingerprint density at radius 3 is 2.67 bits per heavy atom. The van der Waals surface area contributed by atoms with Gasteiger partial charge in [-0.2, -0.15) is 5.10 Å². The molecule has 0 aliphatic heterocycles. The SMILES string of the molecule is CCc1nc(CC)n(C(C)c2cccc(N)c2)n1. The maximum atomic E-state index is 5.83. The van der Waals surface area contributed by atoms with Gasteiger partial charge in [-0.25, -0.2) is 9.67 Å². The van der Waals surface area contributed by atoms with Gasteiger partial charge in [-0.1, -0.05) is 26.0 Å². The van der Waals surface area contributed by atoms with E-state index in [1.807, 2.05) is 22.9 Å². The fourth-order valence-electron chi connectivity index (χ4n) is 2.07. The number of aryl methyl sites for hydroxylation is 2. The first kappa shape index (κ1) is 12.6. The zero-order valence-electron chi connectivity index (χ0n) is 11.2. The smallest absolute Gasteiger partial charge is 0.150 e. The second-order valence-electron chi connectivity index (χ2n) is 4.44. The molecule has 0 saturated carbocycles. The number of anilines is 1. The van der Waals surface area contributed by atoms with Crippen LogP contribution in [0.3, 0.4) is 0 Å². The summed E-state index contributed by atoms with van der Waals surface area (Å²) in [5.41, 5.74) is 7.78. The van der Waals surface area contributed by atoms with Crippen LogP contribution in [0.1, 0.15) is 44.0 Å². The van der Waals surface area contributed by atoms with Crippen LogP contribution in [0.2, 0.25) is 0 Å². The minimum absolute atomic E-state index is 0.163. The molecule has 0 spiro atoms. The molecular formula is C14H20N4. The van der Waals surface area contributed by atoms with E-state index in [9.17, 15) is 0 Å². The number of nitrogens with zero attached hydrogens (tertiary/aromatic N) is 3. The van der Waals surface area contributed by atoms with E-state index in [0.29, 0.717) is 0 Å². The Balaban J connectivity index is 2.38. The normalized spacial score (nSPS) is 12.6. The summed E-state index contributed by atoms with van der Waals surface area (Å²) in [7, 11) is 0. The van der Waals surface area contributed by atoms with Crippen LogP contribution in [-0.2, 0) is 12.8 Å². The van der Waals surface area contributed by atoms with Crippen LogP contribution in [-0.4, -0.2) is 14.8 Å². The number of hydrogen-bond acceptors (Lipinski definition) is 3. The summed E-state index contributed by atoms with van der Waals surface area (Å²) in [4.78, 5) is 4.54. The lowest BCUT2D eigenvalue weighted by Gasteiger charge is -2.14. The molecule has 1 aromatic carbocycles. The van der Waals surface area contributed by atoms with Crippen LogP contribution in [0.25, 0.3) is 0 Å². The lowest BCUT2D eigenvalue weighted by atomic mass is 10.1. The third kappa shape index (κ3) is 2.37. The first-order valence-electron chi connectivity index (χ1n) is 6.45. The quantitative estimate of drug-likeness (QED) is 0.841. The van der Waals surface area contributed by atoms with Crippen molar-refractivity contribution in [1.29, 1.82) is 0 Å². The molecule has 0 radical (unpaired) electrons. The van der Waals surface area contributed by atoms with Crippen LogP contribution in [0, 0.1) is 0 Å². The fourth-order valence-corrected chi connectivity index (χ4v) is 2.07. The lowest BCUT2D eigenvalue weighted by Crippen LogP contribution is -2.12. The Kier molecular flexibility index (Phi) is 3.65. The van der Waals surface area contributed by atoms with E-state index in [0.717, 1.165) is 35.7 Å². The summed E-state index contributed by atoms with van der Waals surface area (Å²) >= 11 is 0. The Morgan fingerprint density at radius 1 is 1.28 bits per heavy atom. The third-order valence-corrected chi connectivity index (χ3v) is 3.14. The monoisotopic (exact) mass is 244 g/mol. The molecule has 0 aliphatic rings. The summed E-state index contributed by atoms with van der Waals surface area (Å²) in [6.07, 6.45) is 1.75. The first-order chi connectivity index (χ1) is 8.65. The van der Waals surface area contributed by atoms with E-state index in [1.54, 1.807) is 0 Å². The zero-order chi connectivity index (χ0) is 13.1. The van der Waals surface area contributed by atoms with E-state index in [4.69, 9.17) is 5.73 Å². The van der Waals surface area contributed by atoms with Gasteiger partial charge in [0, 0.05) is 18.5 Å². The molecule has 0 amide bonds. The van der Waals surface area contributed by atoms with Gasteiger partial charge in [0.05, 0.1) is 6.04 Å². The van der Waals surface area contributed by atoms with E-state index in [1.165, 1.54) is 0 Å². The molecule has 1 heterocycles. The maximum Gasteiger partial charge on any atom is 0.150 e. The lowest BCUT2D eigenvalue weighted by molar-refractivity contribution is 0.533. The molecule has 0 fully saturated rings. The molecule has 1 atom stereocenters. The largest absolute Gasteiger partial charge is 0.399 e. The van der Waals surface area contributed by atoms with Crippen molar-refractivity contribution in [2.45, 2.75) is 39.7 Å². The number of aromatic nitrogens is 3. The Morgan fingerprint density at radius 2 is 2.06 bits per heavy atom. The molecule has 2 rings (SSSR count). The minimum atomic E-state index is 0.163. The van der Waals surface area contributed by atoms with E-state index in [-0.39, 0.29) is 6.04 Å². The molecule has 96 valence electrons. The van der Waals surface area contributed by atoms with Crippen LogP contribution in [0.15, 0.2) is 24.3 Å². The molecule has 1 aromatic heterocycles. The second kappa shape index (κ2) is 5.21. The van der Waals surface area contributed by atoms with Crippen molar-refractivity contribution >= 4 is 5.69 Å². The summed E-state index contributed by atoms with van der Waals surface area (Å²) in [6, 6.07) is 8.11. The maximum absolute atomic E-state index is 5.83. The van der Waals surface area contributed by atoms with E-state index in [2.05, 4.69) is 36.9 Å². The zero-order valence-corrected chi connectivity index (χ0v) is 11.2. The van der Waals surface area contributed by atoms with Crippen molar-refractivity contribution in [3.8, 4) is 0 Å². The number of nitrogen functional groups attached to an aromatic ring is 1. The second-order valence-corrected chi connectivity index (χ2v) is 4.44. The van der Waals surface area contributed by atoms with Crippen LogP contribution < -0.4 is 5.73 Å². The Bertz CT molecular complexity index is 530. The van der Waals surface area contributed by atoms with Crippen molar-refractivity contribution < 1.29 is 0 Å². The summed E-state index contributed by atoms with van der Waals surface area (Å²) in [6.45, 7) is 6.30. The minimum Gasteiger partial charge on any atom is -0.399 e. The highest BCUT2D eigenvalue weighted by atomic mass is 15.4. The standard InChI is InChI=1S/C14H20N4/c1-4-13-16-14(5-2)18(17-13)10(3)11-7-6-8-12(15)9-11/h6-10H,4-5,15H2,1-3H3. The van der Waals surface area contributed by atoms with Gasteiger partial charge in [0.1, 0.15) is 5.82 Å². The van der Waals surface area contributed by atoms with Gasteiger partial charge in [-0.3, -0.25) is 0 Å². The molecule has 4 heteroatoms. The third-order valence-electron chi connectivity index (χ3n) is 3.14. The van der Waals surface area contributed by atoms with Gasteiger partial charge in [-0.05, 0) is 24.6 Å². The van der Waals surface area contributed by atoms with Gasteiger partial charge < -0.3 is 5.73 Å². The fraction of sp³-hybridized carbons (Fsp3) is 0.429. The highest BCUT2D eigenvalue weighted by molar-refractivity contribution is 5.41. The van der Waals surface area contributed by atoms with E-state index < -0.39 is 0 Å². The summed E-state index contributed by atoms with van der Waals surface area (Å²) in [5, 5.41) is 4.57. The van der Waals surface area contributed by atoms with Crippen LogP contribution in [0.4, 0.5) is 5.69 Å². The van der Waals surface area contributed by atoms with E-state index >= 15 is 0 Å². The van der Waals surface area contributed by atoms with Gasteiger partial charge in [0.15, 0.2) is 5.82 Å². The summed E-state index contributed by atoms with van der Waals surface area (Å²) < 4.78 is 2.01. The highest BCUT2D eigenvalue weighted by Crippen LogP contribution is 2.20. The van der Waals surface area contributed by atoms with Crippen LogP contribution in [0.5, 0.6) is 0 Å². The average molecular weight is 244 g/mol. The van der Waals surface area contributed by atoms with Gasteiger partial charge in [-0.15, -0.1) is 0 Å². The number of rotatable bonds is 4. The molecule has 2 aromatic rings. The van der Waals surface area contributed by atoms with Crippen molar-refractivity contribution in [2.24, 2.45) is 0 Å². The molecule has 0 aliphatic carbocycles. The van der Waals surface area contributed by atoms with Crippen molar-refractivity contribution in [2.75, 3.05) is 5.73 Å². The molecular weight excluding hydrogens is 224 g/mol. The Hall–Kier alpha value is -1.84. The molecule has 0 saturated heterocycles. The predicted octanol–water partition coefficient (Wildman–Crippen LogP) is 2.59. The molecule has 2 N–H and O–H groups in total. The number of benzene rings is 1. The average Bonchev–Trinajstić information content (AvgIpc) is 2.81. The topological polar surface area (TPSA) is 56.7 Å². The van der Waals surface area contributed by atoms with Gasteiger partial charge in [0.2, 0.25) is 0 Å². The first-order valence-corrected chi connectivity index (χ1v) is 6.45. The van der Waals surface area contributed by atoms with Gasteiger partial charge >= 0.3 is 0 Å². The van der Waals surface area contributed by atoms with Gasteiger partial charge in [0.25, 0.3) is 0 Å². The molecule has 1 unspecified atom stereocenters. The van der Waals surface area contributed by atoms with Crippen LogP contribution >= 0.6 is 0 Å². The summed E-state index contributed by atoms with van der Waals surface area (Å²) in [5.74, 6) is 1.93. The van der Waals surface area contributed by atoms with Crippen molar-refractivity contribution in [3.05, 3.63) is 41.5 Å².